The normalized spacial score (nSPS) is 11.4. The van der Waals surface area contributed by atoms with E-state index in [9.17, 15) is 14.3 Å². The van der Waals surface area contributed by atoms with Crippen molar-refractivity contribution in [2.24, 2.45) is 0 Å². The molecule has 2 N–H and O–H groups in total. The van der Waals surface area contributed by atoms with Gasteiger partial charge < -0.3 is 15.2 Å². The highest BCUT2D eigenvalue weighted by molar-refractivity contribution is 5.96. The van der Waals surface area contributed by atoms with Gasteiger partial charge in [0.25, 0.3) is 0 Å². The number of anilines is 1. The highest BCUT2D eigenvalue weighted by Crippen LogP contribution is 2.24. The first-order valence-electron chi connectivity index (χ1n) is 7.32. The van der Waals surface area contributed by atoms with Crippen molar-refractivity contribution in [2.45, 2.75) is 12.5 Å². The Morgan fingerprint density at radius 2 is 2.08 bits per heavy atom. The summed E-state index contributed by atoms with van der Waals surface area (Å²) in [5.41, 5.74) is 0.871. The van der Waals surface area contributed by atoms with Gasteiger partial charge in [0.05, 0.1) is 37.1 Å². The Morgan fingerprint density at radius 1 is 1.38 bits per heavy atom. The van der Waals surface area contributed by atoms with E-state index in [4.69, 9.17) is 5.26 Å². The van der Waals surface area contributed by atoms with E-state index in [0.29, 0.717) is 6.42 Å². The Hall–Kier alpha value is -2.91. The number of hydrogen-bond acceptors (Lipinski definition) is 5. The van der Waals surface area contributed by atoms with Crippen molar-refractivity contribution < 1.29 is 19.0 Å². The number of esters is 1. The Kier molecular flexibility index (Phi) is 5.88. The minimum Gasteiger partial charge on any atom is -0.465 e. The fraction of sp³-hybridized carbons (Fsp3) is 0.222. The Balaban J connectivity index is 2.33. The number of ether oxygens (including phenoxy) is 1. The van der Waals surface area contributed by atoms with Gasteiger partial charge in [-0.1, -0.05) is 30.3 Å². The standard InChI is InChI=1S/C18H17FN2O3/c1-24-18(23)17-15(19)8-13(10-20)9-16(17)21-14(11-22)7-12-5-3-2-4-6-12/h2-6,8-9,14,21-22H,7,11H2,1H3/t14-/m1/s1. The van der Waals surface area contributed by atoms with Crippen molar-refractivity contribution in [2.75, 3.05) is 19.0 Å². The monoisotopic (exact) mass is 328 g/mol. The molecule has 2 aromatic carbocycles. The number of carbonyl (C=O) groups is 1. The maximum absolute atomic E-state index is 14.2. The van der Waals surface area contributed by atoms with Gasteiger partial charge in [-0.25, -0.2) is 9.18 Å². The van der Waals surface area contributed by atoms with Gasteiger partial charge in [0.2, 0.25) is 0 Å². The summed E-state index contributed by atoms with van der Waals surface area (Å²) in [5, 5.41) is 21.5. The minimum atomic E-state index is -0.851. The van der Waals surface area contributed by atoms with Crippen molar-refractivity contribution >= 4 is 11.7 Å². The number of halogens is 1. The molecular weight excluding hydrogens is 311 g/mol. The Morgan fingerprint density at radius 3 is 2.67 bits per heavy atom. The maximum Gasteiger partial charge on any atom is 0.342 e. The summed E-state index contributed by atoms with van der Waals surface area (Å²) >= 11 is 0. The third-order valence-corrected chi connectivity index (χ3v) is 3.51. The predicted molar refractivity (Wildman–Crippen MR) is 87.1 cm³/mol. The molecule has 124 valence electrons. The summed E-state index contributed by atoms with van der Waals surface area (Å²) in [6, 6.07) is 13.2. The van der Waals surface area contributed by atoms with Crippen LogP contribution < -0.4 is 5.32 Å². The average molecular weight is 328 g/mol. The number of hydrogen-bond donors (Lipinski definition) is 2. The Bertz CT molecular complexity index is 757. The lowest BCUT2D eigenvalue weighted by Gasteiger charge is -2.20. The molecule has 0 heterocycles. The maximum atomic E-state index is 14.2. The van der Waals surface area contributed by atoms with Gasteiger partial charge >= 0.3 is 5.97 Å². The van der Waals surface area contributed by atoms with Crippen molar-refractivity contribution in [1.29, 1.82) is 5.26 Å². The van der Waals surface area contributed by atoms with Crippen LogP contribution in [-0.4, -0.2) is 30.8 Å². The first-order chi connectivity index (χ1) is 11.6. The summed E-state index contributed by atoms with van der Waals surface area (Å²) in [7, 11) is 1.15. The van der Waals surface area contributed by atoms with Crippen LogP contribution in [0.2, 0.25) is 0 Å². The number of nitrogens with zero attached hydrogens (tertiary/aromatic N) is 1. The molecule has 0 bridgehead atoms. The lowest BCUT2D eigenvalue weighted by molar-refractivity contribution is 0.0596. The molecule has 0 saturated heterocycles. The smallest absolute Gasteiger partial charge is 0.342 e. The summed E-state index contributed by atoms with van der Waals surface area (Å²) in [6.45, 7) is -0.228. The van der Waals surface area contributed by atoms with E-state index in [1.807, 2.05) is 36.4 Å². The van der Waals surface area contributed by atoms with Crippen LogP contribution in [0.5, 0.6) is 0 Å². The fourth-order valence-corrected chi connectivity index (χ4v) is 2.37. The molecule has 0 amide bonds. The zero-order valence-electron chi connectivity index (χ0n) is 13.1. The zero-order chi connectivity index (χ0) is 17.5. The van der Waals surface area contributed by atoms with E-state index in [1.165, 1.54) is 6.07 Å². The molecule has 0 fully saturated rings. The van der Waals surface area contributed by atoms with Crippen molar-refractivity contribution in [3.05, 3.63) is 65.0 Å². The highest BCUT2D eigenvalue weighted by atomic mass is 19.1. The second-order valence-electron chi connectivity index (χ2n) is 5.20. The number of rotatable bonds is 6. The summed E-state index contributed by atoms with van der Waals surface area (Å²) < 4.78 is 18.8. The molecule has 0 radical (unpaired) electrons. The van der Waals surface area contributed by atoms with E-state index >= 15 is 0 Å². The quantitative estimate of drug-likeness (QED) is 0.796. The highest BCUT2D eigenvalue weighted by Gasteiger charge is 2.21. The number of carbonyl (C=O) groups excluding carboxylic acids is 1. The SMILES string of the molecule is COC(=O)c1c(F)cc(C#N)cc1N[C@@H](CO)Cc1ccccc1. The summed E-state index contributed by atoms with van der Waals surface area (Å²) in [6.07, 6.45) is 0.469. The van der Waals surface area contributed by atoms with Crippen LogP contribution in [0.3, 0.4) is 0 Å². The van der Waals surface area contributed by atoms with E-state index in [-0.39, 0.29) is 23.4 Å². The summed E-state index contributed by atoms with van der Waals surface area (Å²) in [5.74, 6) is -1.70. The van der Waals surface area contributed by atoms with Crippen molar-refractivity contribution in [3.8, 4) is 6.07 Å². The van der Waals surface area contributed by atoms with Crippen LogP contribution >= 0.6 is 0 Å². The van der Waals surface area contributed by atoms with Crippen molar-refractivity contribution in [3.63, 3.8) is 0 Å². The molecule has 1 atom stereocenters. The molecule has 6 heteroatoms. The van der Waals surface area contributed by atoms with Gasteiger partial charge in [0.1, 0.15) is 11.4 Å². The van der Waals surface area contributed by atoms with Crippen LogP contribution in [0.1, 0.15) is 21.5 Å². The second-order valence-corrected chi connectivity index (χ2v) is 5.20. The predicted octanol–water partition coefficient (Wildman–Crippen LogP) is 2.50. The van der Waals surface area contributed by atoms with Crippen LogP contribution in [0.15, 0.2) is 42.5 Å². The number of aliphatic hydroxyl groups excluding tert-OH is 1. The molecule has 0 aliphatic heterocycles. The third-order valence-electron chi connectivity index (χ3n) is 3.51. The molecule has 2 aromatic rings. The molecule has 5 nitrogen and oxygen atoms in total. The van der Waals surface area contributed by atoms with Gasteiger partial charge in [0.15, 0.2) is 0 Å². The van der Waals surface area contributed by atoms with Gasteiger partial charge in [-0.15, -0.1) is 0 Å². The number of methoxy groups -OCH3 is 1. The third kappa shape index (κ3) is 4.09. The summed E-state index contributed by atoms with van der Waals surface area (Å²) in [4.78, 5) is 11.8. The van der Waals surface area contributed by atoms with Crippen molar-refractivity contribution in [1.82, 2.24) is 0 Å². The van der Waals surface area contributed by atoms with Gasteiger partial charge in [-0.2, -0.15) is 5.26 Å². The molecule has 0 aliphatic carbocycles. The minimum absolute atomic E-state index is 0.0686. The molecule has 0 spiro atoms. The topological polar surface area (TPSA) is 82.4 Å². The van der Waals surface area contributed by atoms with E-state index < -0.39 is 17.8 Å². The van der Waals surface area contributed by atoms with Crippen LogP contribution in [0.4, 0.5) is 10.1 Å². The van der Waals surface area contributed by atoms with E-state index in [0.717, 1.165) is 18.7 Å². The van der Waals surface area contributed by atoms with Crippen LogP contribution in [-0.2, 0) is 11.2 Å². The van der Waals surface area contributed by atoms with E-state index in [1.54, 1.807) is 0 Å². The lowest BCUT2D eigenvalue weighted by atomic mass is 10.0. The molecule has 2 rings (SSSR count). The molecule has 0 unspecified atom stereocenters. The van der Waals surface area contributed by atoms with E-state index in [2.05, 4.69) is 10.1 Å². The van der Waals surface area contributed by atoms with Gasteiger partial charge in [-0.3, -0.25) is 0 Å². The van der Waals surface area contributed by atoms with Crippen LogP contribution in [0, 0.1) is 17.1 Å². The average Bonchev–Trinajstić information content (AvgIpc) is 2.61. The lowest BCUT2D eigenvalue weighted by Crippen LogP contribution is -2.28. The van der Waals surface area contributed by atoms with Gasteiger partial charge in [-0.05, 0) is 24.1 Å². The zero-order valence-corrected chi connectivity index (χ0v) is 13.1. The Labute approximate surface area is 139 Å². The fourth-order valence-electron chi connectivity index (χ4n) is 2.37. The number of aliphatic hydroxyl groups is 1. The number of benzene rings is 2. The second kappa shape index (κ2) is 8.09. The first-order valence-corrected chi connectivity index (χ1v) is 7.32. The van der Waals surface area contributed by atoms with Crippen LogP contribution in [0.25, 0.3) is 0 Å². The molecule has 0 aromatic heterocycles. The first kappa shape index (κ1) is 17.4. The van der Waals surface area contributed by atoms with Gasteiger partial charge in [0, 0.05) is 0 Å². The molecular formula is C18H17FN2O3. The molecule has 0 saturated carbocycles. The molecule has 0 aliphatic rings. The number of nitrogens with one attached hydrogen (secondary N) is 1. The number of nitriles is 1. The largest absolute Gasteiger partial charge is 0.465 e. The molecule has 24 heavy (non-hydrogen) atoms.